The lowest BCUT2D eigenvalue weighted by Gasteiger charge is -2.24. The summed E-state index contributed by atoms with van der Waals surface area (Å²) in [5.74, 6) is 0. The van der Waals surface area contributed by atoms with Crippen LogP contribution in [0, 0.1) is 0 Å². The van der Waals surface area contributed by atoms with Gasteiger partial charge in [-0.15, -0.1) is 0 Å². The summed E-state index contributed by atoms with van der Waals surface area (Å²) in [7, 11) is 0. The molecule has 8 rings (SSSR count). The van der Waals surface area contributed by atoms with Gasteiger partial charge in [0.25, 0.3) is 0 Å². The molecule has 5 aromatic carbocycles. The van der Waals surface area contributed by atoms with Crippen molar-refractivity contribution in [2.45, 2.75) is 19.3 Å². The molecule has 0 aliphatic heterocycles. The summed E-state index contributed by atoms with van der Waals surface area (Å²) >= 11 is 0. The Kier molecular flexibility index (Phi) is 4.60. The molecule has 2 aromatic heterocycles. The molecule has 0 bridgehead atoms. The lowest BCUT2D eigenvalue weighted by molar-refractivity contribution is 0.667. The van der Waals surface area contributed by atoms with E-state index in [1.54, 1.807) is 0 Å². The van der Waals surface area contributed by atoms with Crippen LogP contribution in [0.15, 0.2) is 122 Å². The van der Waals surface area contributed by atoms with E-state index in [9.17, 15) is 0 Å². The van der Waals surface area contributed by atoms with Gasteiger partial charge < -0.3 is 0 Å². The zero-order chi connectivity index (χ0) is 26.1. The van der Waals surface area contributed by atoms with E-state index in [1.807, 2.05) is 30.6 Å². The molecule has 0 saturated heterocycles. The van der Waals surface area contributed by atoms with Crippen LogP contribution in [0.5, 0.6) is 0 Å². The van der Waals surface area contributed by atoms with Crippen LogP contribution in [0.1, 0.15) is 25.0 Å². The maximum atomic E-state index is 4.82. The van der Waals surface area contributed by atoms with Gasteiger partial charge in [-0.05, 0) is 84.4 Å². The molecule has 1 aliphatic carbocycles. The molecule has 0 unspecified atom stereocenters. The highest BCUT2D eigenvalue weighted by Crippen LogP contribution is 2.57. The largest absolute Gasteiger partial charge is 0.255 e. The fourth-order valence-electron chi connectivity index (χ4n) is 6.78. The number of pyridine rings is 2. The predicted molar refractivity (Wildman–Crippen MR) is 163 cm³/mol. The molecule has 2 nitrogen and oxygen atoms in total. The second-order valence-electron chi connectivity index (χ2n) is 11.0. The SMILES string of the molecule is CC1(C)c2cc(-c3ccc(-c4ccccn4)nc3)c3ccccc3c2-c2c1c1ccccc1c1ccccc21. The van der Waals surface area contributed by atoms with E-state index in [0.29, 0.717) is 0 Å². The van der Waals surface area contributed by atoms with Gasteiger partial charge in [0.15, 0.2) is 0 Å². The molecule has 0 spiro atoms. The number of hydrogen-bond donors (Lipinski definition) is 0. The second-order valence-corrected chi connectivity index (χ2v) is 11.0. The lowest BCUT2D eigenvalue weighted by Crippen LogP contribution is -2.16. The van der Waals surface area contributed by atoms with Crippen molar-refractivity contribution >= 4 is 32.3 Å². The third-order valence-corrected chi connectivity index (χ3v) is 8.53. The molecule has 2 heteroatoms. The average molecular weight is 499 g/mol. The fraction of sp³-hybridized carbons (Fsp3) is 0.0811. The Bertz CT molecular complexity index is 2070. The van der Waals surface area contributed by atoms with Crippen LogP contribution in [-0.4, -0.2) is 9.97 Å². The molecule has 0 N–H and O–H groups in total. The molecular weight excluding hydrogens is 472 g/mol. The second kappa shape index (κ2) is 8.09. The van der Waals surface area contributed by atoms with Crippen molar-refractivity contribution in [3.05, 3.63) is 133 Å². The van der Waals surface area contributed by atoms with Crippen molar-refractivity contribution in [1.82, 2.24) is 9.97 Å². The Labute approximate surface area is 227 Å². The van der Waals surface area contributed by atoms with Gasteiger partial charge in [0.05, 0.1) is 11.4 Å². The van der Waals surface area contributed by atoms with Gasteiger partial charge >= 0.3 is 0 Å². The minimum atomic E-state index is -0.158. The first-order chi connectivity index (χ1) is 19.1. The maximum absolute atomic E-state index is 4.82. The van der Waals surface area contributed by atoms with Gasteiger partial charge in [-0.1, -0.05) is 98.8 Å². The third-order valence-electron chi connectivity index (χ3n) is 8.53. The maximum Gasteiger partial charge on any atom is 0.0886 e. The van der Waals surface area contributed by atoms with Crippen LogP contribution in [0.4, 0.5) is 0 Å². The Morgan fingerprint density at radius 2 is 1.10 bits per heavy atom. The Morgan fingerprint density at radius 1 is 0.513 bits per heavy atom. The summed E-state index contributed by atoms with van der Waals surface area (Å²) < 4.78 is 0. The van der Waals surface area contributed by atoms with Crippen molar-refractivity contribution < 1.29 is 0 Å². The van der Waals surface area contributed by atoms with E-state index in [-0.39, 0.29) is 5.41 Å². The van der Waals surface area contributed by atoms with E-state index in [2.05, 4.69) is 110 Å². The van der Waals surface area contributed by atoms with Crippen LogP contribution < -0.4 is 0 Å². The Balaban J connectivity index is 1.45. The molecule has 39 heavy (non-hydrogen) atoms. The molecule has 0 amide bonds. The summed E-state index contributed by atoms with van der Waals surface area (Å²) in [6, 6.07) is 39.3. The van der Waals surface area contributed by atoms with Crippen LogP contribution in [0.2, 0.25) is 0 Å². The van der Waals surface area contributed by atoms with Crippen molar-refractivity contribution in [2.24, 2.45) is 0 Å². The van der Waals surface area contributed by atoms with Crippen molar-refractivity contribution in [3.63, 3.8) is 0 Å². The Morgan fingerprint density at radius 3 is 1.77 bits per heavy atom. The van der Waals surface area contributed by atoms with Crippen LogP contribution in [0.3, 0.4) is 0 Å². The zero-order valence-electron chi connectivity index (χ0n) is 21.9. The molecule has 0 radical (unpaired) electrons. The zero-order valence-corrected chi connectivity index (χ0v) is 21.9. The molecule has 2 heterocycles. The number of fused-ring (bicyclic) bond motifs is 10. The highest BCUT2D eigenvalue weighted by atomic mass is 14.8. The highest BCUT2D eigenvalue weighted by molar-refractivity contribution is 6.22. The molecule has 0 atom stereocenters. The van der Waals surface area contributed by atoms with Crippen molar-refractivity contribution in [2.75, 3.05) is 0 Å². The van der Waals surface area contributed by atoms with E-state index < -0.39 is 0 Å². The van der Waals surface area contributed by atoms with Gasteiger partial charge in [0.1, 0.15) is 0 Å². The molecular formula is C37H26N2. The minimum Gasteiger partial charge on any atom is -0.255 e. The number of aromatic nitrogens is 2. The first-order valence-electron chi connectivity index (χ1n) is 13.5. The fourth-order valence-corrected chi connectivity index (χ4v) is 6.78. The third kappa shape index (κ3) is 3.09. The average Bonchev–Trinajstić information content (AvgIpc) is 3.24. The molecule has 1 aliphatic rings. The van der Waals surface area contributed by atoms with E-state index in [1.165, 1.54) is 60.1 Å². The van der Waals surface area contributed by atoms with Gasteiger partial charge in [-0.3, -0.25) is 9.97 Å². The Hall–Kier alpha value is -4.82. The summed E-state index contributed by atoms with van der Waals surface area (Å²) in [6.45, 7) is 4.78. The topological polar surface area (TPSA) is 25.8 Å². The van der Waals surface area contributed by atoms with Crippen LogP contribution >= 0.6 is 0 Å². The summed E-state index contributed by atoms with van der Waals surface area (Å²) in [6.07, 6.45) is 3.81. The van der Waals surface area contributed by atoms with Crippen molar-refractivity contribution in [1.29, 1.82) is 0 Å². The van der Waals surface area contributed by atoms with Crippen LogP contribution in [0.25, 0.3) is 66.0 Å². The highest BCUT2D eigenvalue weighted by Gasteiger charge is 2.40. The molecule has 0 fully saturated rings. The first kappa shape index (κ1) is 22.2. The first-order valence-corrected chi connectivity index (χ1v) is 13.5. The monoisotopic (exact) mass is 498 g/mol. The van der Waals surface area contributed by atoms with E-state index in [4.69, 9.17) is 4.98 Å². The van der Waals surface area contributed by atoms with Gasteiger partial charge in [0.2, 0.25) is 0 Å². The predicted octanol–water partition coefficient (Wildman–Crippen LogP) is 9.58. The summed E-state index contributed by atoms with van der Waals surface area (Å²) in [5.41, 5.74) is 9.51. The van der Waals surface area contributed by atoms with Gasteiger partial charge in [-0.2, -0.15) is 0 Å². The van der Waals surface area contributed by atoms with E-state index >= 15 is 0 Å². The summed E-state index contributed by atoms with van der Waals surface area (Å²) in [4.78, 5) is 9.30. The lowest BCUT2D eigenvalue weighted by atomic mass is 9.78. The number of nitrogens with zero attached hydrogens (tertiary/aromatic N) is 2. The number of rotatable bonds is 2. The quantitative estimate of drug-likeness (QED) is 0.222. The molecule has 0 saturated carbocycles. The van der Waals surface area contributed by atoms with Crippen molar-refractivity contribution in [3.8, 4) is 33.6 Å². The standard InChI is InChI=1S/C37H26N2/c1-37(2)31-21-30(23-18-19-33(39-22-23)32-17-9-10-20-38-32)26-13-4-6-14-27(26)34(31)35-28-15-7-3-11-24(28)25-12-5-8-16-29(25)36(35)37/h3-22H,1-2H3. The van der Waals surface area contributed by atoms with Gasteiger partial charge in [-0.25, -0.2) is 0 Å². The number of hydrogen-bond acceptors (Lipinski definition) is 2. The minimum absolute atomic E-state index is 0.158. The smallest absolute Gasteiger partial charge is 0.0886 e. The molecule has 7 aromatic rings. The van der Waals surface area contributed by atoms with Gasteiger partial charge in [0, 0.05) is 23.4 Å². The van der Waals surface area contributed by atoms with E-state index in [0.717, 1.165) is 17.0 Å². The van der Waals surface area contributed by atoms with Crippen LogP contribution in [-0.2, 0) is 5.41 Å². The summed E-state index contributed by atoms with van der Waals surface area (Å²) in [5, 5.41) is 7.87. The molecule has 184 valence electrons. The number of benzene rings is 5. The normalized spacial score (nSPS) is 13.6.